The largest absolute Gasteiger partial charge is 0.309 e. The molecule has 0 aliphatic rings. The first-order valence-corrected chi connectivity index (χ1v) is 23.4. The average molecular weight is 847 g/mol. The highest BCUT2D eigenvalue weighted by Crippen LogP contribution is 2.42. The number of para-hydroxylation sites is 3. The number of hydrogen-bond donors (Lipinski definition) is 0. The highest BCUT2D eigenvalue weighted by atomic mass is 15.0. The fourth-order valence-corrected chi connectivity index (χ4v) is 10.3. The Balaban J connectivity index is 0.00000117. The molecule has 2 nitrogen and oxygen atoms in total. The fourth-order valence-electron chi connectivity index (χ4n) is 10.3. The van der Waals surface area contributed by atoms with Gasteiger partial charge >= 0.3 is 0 Å². The van der Waals surface area contributed by atoms with Crippen molar-refractivity contribution in [1.82, 2.24) is 9.13 Å². The molecule has 0 spiro atoms. The van der Waals surface area contributed by atoms with Gasteiger partial charge in [0.2, 0.25) is 0 Å². The van der Waals surface area contributed by atoms with Gasteiger partial charge in [-0.15, -0.1) is 0 Å². The molecule has 0 fully saturated rings. The normalized spacial score (nSPS) is 11.3. The van der Waals surface area contributed by atoms with E-state index in [-0.39, 0.29) is 0 Å². The van der Waals surface area contributed by atoms with Gasteiger partial charge in [0.15, 0.2) is 0 Å². The van der Waals surface area contributed by atoms with Gasteiger partial charge in [-0.2, -0.15) is 0 Å². The number of nitrogens with zero attached hydrogens (tertiary/aromatic N) is 2. The minimum Gasteiger partial charge on any atom is -0.309 e. The van der Waals surface area contributed by atoms with Gasteiger partial charge in [-0.05, 0) is 115 Å². The quantitative estimate of drug-likeness (QED) is 0.153. The second-order valence-electron chi connectivity index (χ2n) is 16.5. The van der Waals surface area contributed by atoms with E-state index in [2.05, 4.69) is 240 Å². The molecular weight excluding hydrogens is 797 g/mol. The van der Waals surface area contributed by atoms with Crippen molar-refractivity contribution in [3.8, 4) is 44.8 Å². The molecule has 66 heavy (non-hydrogen) atoms. The highest BCUT2D eigenvalue weighted by molar-refractivity contribution is 6.25. The summed E-state index contributed by atoms with van der Waals surface area (Å²) in [7, 11) is 0. The Hall–Kier alpha value is -8.20. The van der Waals surface area contributed by atoms with Crippen LogP contribution < -0.4 is 0 Å². The van der Waals surface area contributed by atoms with Crippen LogP contribution >= 0.6 is 0 Å². The van der Waals surface area contributed by atoms with Crippen LogP contribution in [0.2, 0.25) is 0 Å². The van der Waals surface area contributed by atoms with E-state index >= 15 is 0 Å². The molecule has 0 aliphatic heterocycles. The third-order valence-corrected chi connectivity index (χ3v) is 13.1. The van der Waals surface area contributed by atoms with Gasteiger partial charge in [0.25, 0.3) is 0 Å². The summed E-state index contributed by atoms with van der Waals surface area (Å²) in [4.78, 5) is 0. The van der Waals surface area contributed by atoms with E-state index in [1.165, 1.54) is 121 Å². The van der Waals surface area contributed by atoms with E-state index in [4.69, 9.17) is 0 Å². The van der Waals surface area contributed by atoms with Crippen LogP contribution in [0.1, 0.15) is 27.7 Å². The summed E-state index contributed by atoms with van der Waals surface area (Å²) in [5.74, 6) is 0. The van der Waals surface area contributed by atoms with E-state index in [1.807, 2.05) is 27.7 Å². The van der Waals surface area contributed by atoms with Gasteiger partial charge in [0.1, 0.15) is 0 Å². The first-order chi connectivity index (χ1) is 32.8. The maximum absolute atomic E-state index is 2.45. The standard InChI is InChI=1S/C60H38N2.2C2H6/c1-2-14-39(15-3-1)40-26-28-41(29-27-40)45-16-8-11-23-56(45)62-58-25-13-10-22-52(58)55-37-43(31-35-60(55)62)42-30-34-59-54(36-42)51-21-9-12-24-57(51)61(59)44-32-33-50-48-19-5-4-17-46(48)47-18-6-7-20-49(47)53(50)38-44;2*1-2/h1-38H;2*1-2H3. The average Bonchev–Trinajstić information content (AvgIpc) is 3.92. The number of rotatable bonds is 5. The van der Waals surface area contributed by atoms with Crippen molar-refractivity contribution in [2.45, 2.75) is 27.7 Å². The maximum atomic E-state index is 2.45. The molecule has 13 aromatic rings. The molecule has 11 aromatic carbocycles. The molecule has 13 rings (SSSR count). The van der Waals surface area contributed by atoms with Crippen LogP contribution in [0, 0.1) is 0 Å². The van der Waals surface area contributed by atoms with Gasteiger partial charge in [-0.25, -0.2) is 0 Å². The zero-order chi connectivity index (χ0) is 44.7. The van der Waals surface area contributed by atoms with Crippen molar-refractivity contribution in [1.29, 1.82) is 0 Å². The minimum absolute atomic E-state index is 1.17. The lowest BCUT2D eigenvalue weighted by Gasteiger charge is -2.15. The van der Waals surface area contributed by atoms with Gasteiger partial charge in [-0.1, -0.05) is 204 Å². The predicted molar refractivity (Wildman–Crippen MR) is 287 cm³/mol. The number of aromatic nitrogens is 2. The smallest absolute Gasteiger partial charge is 0.0541 e. The van der Waals surface area contributed by atoms with E-state index < -0.39 is 0 Å². The lowest BCUT2D eigenvalue weighted by molar-refractivity contribution is 1.18. The Morgan fingerprint density at radius 2 is 0.621 bits per heavy atom. The van der Waals surface area contributed by atoms with E-state index in [0.29, 0.717) is 0 Å². The molecule has 316 valence electrons. The van der Waals surface area contributed by atoms with Crippen molar-refractivity contribution >= 4 is 75.9 Å². The van der Waals surface area contributed by atoms with Crippen LogP contribution in [0.25, 0.3) is 121 Å². The van der Waals surface area contributed by atoms with Gasteiger partial charge < -0.3 is 9.13 Å². The Bertz CT molecular complexity index is 3870. The van der Waals surface area contributed by atoms with E-state index in [0.717, 1.165) is 0 Å². The molecule has 0 saturated heterocycles. The van der Waals surface area contributed by atoms with Gasteiger partial charge in [0, 0.05) is 32.8 Å². The molecule has 2 heteroatoms. The third-order valence-electron chi connectivity index (χ3n) is 13.1. The van der Waals surface area contributed by atoms with Crippen LogP contribution in [-0.2, 0) is 0 Å². The van der Waals surface area contributed by atoms with Crippen LogP contribution in [0.5, 0.6) is 0 Å². The van der Waals surface area contributed by atoms with Crippen molar-refractivity contribution in [2.75, 3.05) is 0 Å². The summed E-state index contributed by atoms with van der Waals surface area (Å²) in [5, 5.41) is 12.7. The number of fused-ring (bicyclic) bond motifs is 12. The van der Waals surface area contributed by atoms with Crippen LogP contribution in [0.4, 0.5) is 0 Å². The van der Waals surface area contributed by atoms with Crippen molar-refractivity contribution in [3.63, 3.8) is 0 Å². The molecule has 0 saturated carbocycles. The molecule has 0 aliphatic carbocycles. The Morgan fingerprint density at radius 1 is 0.227 bits per heavy atom. The Kier molecular flexibility index (Phi) is 10.5. The topological polar surface area (TPSA) is 9.86 Å². The molecule has 0 bridgehead atoms. The van der Waals surface area contributed by atoms with E-state index in [9.17, 15) is 0 Å². The summed E-state index contributed by atoms with van der Waals surface area (Å²) in [6, 6.07) is 84.7. The van der Waals surface area contributed by atoms with Gasteiger partial charge in [-0.3, -0.25) is 0 Å². The molecule has 0 N–H and O–H groups in total. The zero-order valence-corrected chi connectivity index (χ0v) is 37.8. The first-order valence-electron chi connectivity index (χ1n) is 23.4. The Morgan fingerprint density at radius 3 is 1.21 bits per heavy atom. The molecule has 0 radical (unpaired) electrons. The molecule has 0 atom stereocenters. The predicted octanol–water partition coefficient (Wildman–Crippen LogP) is 18.4. The zero-order valence-electron chi connectivity index (χ0n) is 37.8. The minimum atomic E-state index is 1.17. The molecular formula is C64H50N2. The molecule has 0 amide bonds. The maximum Gasteiger partial charge on any atom is 0.0541 e. The number of benzene rings is 11. The van der Waals surface area contributed by atoms with Crippen molar-refractivity contribution in [3.05, 3.63) is 231 Å². The second-order valence-corrected chi connectivity index (χ2v) is 16.5. The Labute approximate surface area is 386 Å². The van der Waals surface area contributed by atoms with Crippen molar-refractivity contribution < 1.29 is 0 Å². The number of hydrogen-bond acceptors (Lipinski definition) is 0. The summed E-state index contributed by atoms with van der Waals surface area (Å²) in [6.07, 6.45) is 0. The summed E-state index contributed by atoms with van der Waals surface area (Å²) >= 11 is 0. The summed E-state index contributed by atoms with van der Waals surface area (Å²) in [5.41, 5.74) is 14.4. The monoisotopic (exact) mass is 846 g/mol. The van der Waals surface area contributed by atoms with Crippen molar-refractivity contribution in [2.24, 2.45) is 0 Å². The third kappa shape index (κ3) is 6.56. The van der Waals surface area contributed by atoms with Crippen LogP contribution in [0.15, 0.2) is 231 Å². The second kappa shape index (κ2) is 17.1. The summed E-state index contributed by atoms with van der Waals surface area (Å²) in [6.45, 7) is 8.00. The first kappa shape index (κ1) is 40.6. The van der Waals surface area contributed by atoms with Crippen LogP contribution in [0.3, 0.4) is 0 Å². The summed E-state index contributed by atoms with van der Waals surface area (Å²) < 4.78 is 4.89. The molecule has 0 unspecified atom stereocenters. The lowest BCUT2D eigenvalue weighted by atomic mass is 9.94. The molecule has 2 aromatic heterocycles. The van der Waals surface area contributed by atoms with Gasteiger partial charge in [0.05, 0.1) is 27.8 Å². The highest BCUT2D eigenvalue weighted by Gasteiger charge is 2.19. The SMILES string of the molecule is CC.CC.c1ccc(-c2ccc(-c3ccccc3-n3c4ccccc4c4cc(-c5ccc6c(c5)c5ccccc5n6-c5ccc6c7ccccc7c7ccccc7c6c5)ccc43)cc2)cc1. The van der Waals surface area contributed by atoms with E-state index in [1.54, 1.807) is 0 Å². The lowest BCUT2D eigenvalue weighted by Crippen LogP contribution is -1.97. The van der Waals surface area contributed by atoms with Crippen LogP contribution in [-0.4, -0.2) is 9.13 Å². The molecule has 2 heterocycles. The fraction of sp³-hybridized carbons (Fsp3) is 0.0625.